The van der Waals surface area contributed by atoms with Crippen LogP contribution in [0.2, 0.25) is 0 Å². The zero-order valence-electron chi connectivity index (χ0n) is 42.8. The molecule has 2 N–H and O–H groups in total. The molecule has 4 fully saturated rings. The topological polar surface area (TPSA) is 159 Å². The van der Waals surface area contributed by atoms with Gasteiger partial charge in [0.25, 0.3) is 0 Å². The van der Waals surface area contributed by atoms with E-state index in [4.69, 9.17) is 52.1 Å². The van der Waals surface area contributed by atoms with Crippen molar-refractivity contribution in [3.8, 4) is 0 Å². The van der Waals surface area contributed by atoms with Gasteiger partial charge < -0.3 is 62.3 Å². The van der Waals surface area contributed by atoms with Gasteiger partial charge in [-0.3, -0.25) is 4.79 Å². The predicted octanol–water partition coefficient (Wildman–Crippen LogP) is 8.37. The fourth-order valence-corrected chi connectivity index (χ4v) is 10.5. The van der Waals surface area contributed by atoms with Crippen molar-refractivity contribution in [2.75, 3.05) is 6.61 Å². The van der Waals surface area contributed by atoms with Crippen LogP contribution in [0.4, 0.5) is 0 Å². The highest BCUT2D eigenvalue weighted by Crippen LogP contribution is 2.42. The van der Waals surface area contributed by atoms with Gasteiger partial charge in [-0.25, -0.2) is 0 Å². The lowest BCUT2D eigenvalue weighted by Gasteiger charge is -2.51. The van der Waals surface area contributed by atoms with Crippen LogP contribution in [-0.2, 0) is 76.7 Å². The first-order valence-corrected chi connectivity index (χ1v) is 25.7. The number of benzene rings is 3. The number of carbonyl (C=O) groups is 1. The fraction of sp³-hybridized carbons (Fsp3) is 0.661. The second kappa shape index (κ2) is 25.5. The second-order valence-electron chi connectivity index (χ2n) is 20.2. The Labute approximate surface area is 415 Å². The normalized spacial score (nSPS) is 38.5. The maximum atomic E-state index is 12.8. The molecular formula is C56H80O14. The minimum Gasteiger partial charge on any atom is -0.457 e. The van der Waals surface area contributed by atoms with Gasteiger partial charge in [0.05, 0.1) is 50.8 Å². The van der Waals surface area contributed by atoms with E-state index < -0.39 is 86.1 Å². The molecule has 14 nitrogen and oxygen atoms in total. The molecule has 70 heavy (non-hydrogen) atoms. The predicted molar refractivity (Wildman–Crippen MR) is 260 cm³/mol. The molecule has 21 atom stereocenters. The summed E-state index contributed by atoms with van der Waals surface area (Å²) in [6.45, 7) is 20.6. The summed E-state index contributed by atoms with van der Waals surface area (Å²) in [5.74, 6) is -0.964. The largest absolute Gasteiger partial charge is 0.457 e. The summed E-state index contributed by atoms with van der Waals surface area (Å²) >= 11 is 0. The van der Waals surface area contributed by atoms with E-state index >= 15 is 0 Å². The Morgan fingerprint density at radius 1 is 0.529 bits per heavy atom. The van der Waals surface area contributed by atoms with E-state index in [1.54, 1.807) is 6.92 Å². The molecule has 3 aromatic rings. The highest BCUT2D eigenvalue weighted by Gasteiger charge is 2.56. The minimum atomic E-state index is -1.41. The van der Waals surface area contributed by atoms with Gasteiger partial charge in [-0.2, -0.15) is 0 Å². The Morgan fingerprint density at radius 3 is 1.59 bits per heavy atom. The fourth-order valence-electron chi connectivity index (χ4n) is 10.5. The molecule has 3 aromatic carbocycles. The Bertz CT molecular complexity index is 1990. The first-order chi connectivity index (χ1) is 33.7. The van der Waals surface area contributed by atoms with Gasteiger partial charge in [0, 0.05) is 18.8 Å². The lowest BCUT2D eigenvalue weighted by molar-refractivity contribution is -0.387. The van der Waals surface area contributed by atoms with E-state index in [0.717, 1.165) is 23.1 Å². The van der Waals surface area contributed by atoms with Crippen LogP contribution in [-0.4, -0.2) is 115 Å². The van der Waals surface area contributed by atoms with E-state index in [2.05, 4.69) is 34.6 Å². The Hall–Kier alpha value is -3.35. The summed E-state index contributed by atoms with van der Waals surface area (Å²) in [5, 5.41) is 24.3. The first-order valence-electron chi connectivity index (χ1n) is 25.7. The van der Waals surface area contributed by atoms with Gasteiger partial charge in [0.15, 0.2) is 31.3 Å². The van der Waals surface area contributed by atoms with Gasteiger partial charge >= 0.3 is 5.97 Å². The molecule has 0 saturated carbocycles. The second-order valence-corrected chi connectivity index (χ2v) is 20.2. The summed E-state index contributed by atoms with van der Waals surface area (Å²) in [6.07, 6.45) is -11.6. The number of hydrogen-bond acceptors (Lipinski definition) is 14. The standard InChI is InChI=1S/C56H80O14/c1-11-43-32(3)34(5)46(58)54(65-43)63-38(9)50-47(59)51(70-55-49(64-39(10)57)35(6)33(4)44(12-2)66-55)52(61-29-41-24-18-14-19-25-41)56(69-50)68-48-36(7)37(8)53(62-30-42-26-20-15-21-27-42)67-45(48)31-60-28-40-22-16-13-17-23-40/h13-27,32-38,43-56,58-59H,11-12,28-31H2,1-10H3/t32-,33+,34-,35?,36+,37?,38?,43?,44?,45?,46?,47+,48-,49-,50?,51-,52?,53+,54-,55-,56+/m0/s1. The van der Waals surface area contributed by atoms with Crippen LogP contribution in [0.25, 0.3) is 0 Å². The molecule has 0 radical (unpaired) electrons. The van der Waals surface area contributed by atoms with Crippen molar-refractivity contribution >= 4 is 5.97 Å². The van der Waals surface area contributed by atoms with E-state index in [0.29, 0.717) is 19.6 Å². The molecule has 388 valence electrons. The Balaban J connectivity index is 1.25. The molecule has 14 heteroatoms. The number of esters is 1. The highest BCUT2D eigenvalue weighted by molar-refractivity contribution is 5.66. The van der Waals surface area contributed by atoms with E-state index in [-0.39, 0.29) is 60.9 Å². The van der Waals surface area contributed by atoms with Crippen LogP contribution < -0.4 is 0 Å². The van der Waals surface area contributed by atoms with Crippen molar-refractivity contribution in [1.29, 1.82) is 0 Å². The molecule has 4 aliphatic rings. The third-order valence-corrected chi connectivity index (χ3v) is 15.5. The molecule has 7 rings (SSSR count). The van der Waals surface area contributed by atoms with Gasteiger partial charge in [-0.05, 0) is 60.1 Å². The van der Waals surface area contributed by atoms with Crippen molar-refractivity contribution in [3.63, 3.8) is 0 Å². The van der Waals surface area contributed by atoms with Gasteiger partial charge in [0.1, 0.15) is 36.6 Å². The molecule has 4 aliphatic heterocycles. The van der Waals surface area contributed by atoms with Gasteiger partial charge in [-0.1, -0.05) is 146 Å². The van der Waals surface area contributed by atoms with E-state index in [9.17, 15) is 15.0 Å². The first kappa shape index (κ1) is 54.4. The molecule has 0 aliphatic carbocycles. The van der Waals surface area contributed by atoms with Crippen molar-refractivity contribution in [2.45, 2.75) is 194 Å². The monoisotopic (exact) mass is 977 g/mol. The molecule has 0 aromatic heterocycles. The lowest BCUT2D eigenvalue weighted by Crippen LogP contribution is -2.66. The zero-order valence-corrected chi connectivity index (χ0v) is 42.8. The summed E-state index contributed by atoms with van der Waals surface area (Å²) < 4.78 is 73.5. The van der Waals surface area contributed by atoms with Crippen molar-refractivity contribution in [2.24, 2.45) is 35.5 Å². The molecule has 4 saturated heterocycles. The molecule has 9 unspecified atom stereocenters. The quantitative estimate of drug-likeness (QED) is 0.104. The number of hydrogen-bond donors (Lipinski definition) is 2. The SMILES string of the molecule is CCC1O[C@@H](O[C@@H]2C(OCc3ccccc3)[C@H](O[C@@H]3C(COCc4ccccc4)O[C@@H](OCc4ccccc4)C(C)[C@H]3C)OC(C(C)O[C@H]3OC(CC)[C@@H](C)[C@H](C)C3O)[C@H]2O)[C@@H](OC(C)=O)C(C)[C@H]1C. The van der Waals surface area contributed by atoms with Gasteiger partial charge in [0.2, 0.25) is 0 Å². The van der Waals surface area contributed by atoms with Crippen molar-refractivity contribution < 1.29 is 67.1 Å². The third kappa shape index (κ3) is 13.2. The van der Waals surface area contributed by atoms with Crippen LogP contribution in [0.3, 0.4) is 0 Å². The molecule has 0 bridgehead atoms. The summed E-state index contributed by atoms with van der Waals surface area (Å²) in [6, 6.07) is 29.6. The van der Waals surface area contributed by atoms with Gasteiger partial charge in [-0.15, -0.1) is 0 Å². The average molecular weight is 977 g/mol. The minimum absolute atomic E-state index is 0.0338. The summed E-state index contributed by atoms with van der Waals surface area (Å²) in [7, 11) is 0. The smallest absolute Gasteiger partial charge is 0.303 e. The van der Waals surface area contributed by atoms with Crippen LogP contribution in [0.1, 0.15) is 98.8 Å². The molecule has 0 spiro atoms. The Morgan fingerprint density at radius 2 is 1.01 bits per heavy atom. The summed E-state index contributed by atoms with van der Waals surface area (Å²) in [4.78, 5) is 12.7. The van der Waals surface area contributed by atoms with Crippen LogP contribution in [0.15, 0.2) is 91.0 Å². The highest BCUT2D eigenvalue weighted by atomic mass is 16.8. The van der Waals surface area contributed by atoms with Crippen molar-refractivity contribution in [1.82, 2.24) is 0 Å². The molecular weight excluding hydrogens is 897 g/mol. The van der Waals surface area contributed by atoms with Crippen LogP contribution >= 0.6 is 0 Å². The maximum Gasteiger partial charge on any atom is 0.303 e. The zero-order chi connectivity index (χ0) is 50.1. The average Bonchev–Trinajstić information content (AvgIpc) is 3.36. The lowest BCUT2D eigenvalue weighted by atomic mass is 9.82. The number of carbonyl (C=O) groups excluding carboxylic acids is 1. The summed E-state index contributed by atoms with van der Waals surface area (Å²) in [5.41, 5.74) is 2.91. The number of ether oxygens (including phenoxy) is 11. The number of aliphatic hydroxyl groups is 2. The molecule has 4 heterocycles. The Kier molecular flexibility index (Phi) is 19.9. The molecule has 0 amide bonds. The van der Waals surface area contributed by atoms with Crippen LogP contribution in [0.5, 0.6) is 0 Å². The van der Waals surface area contributed by atoms with E-state index in [1.807, 2.05) is 112 Å². The van der Waals surface area contributed by atoms with Crippen molar-refractivity contribution in [3.05, 3.63) is 108 Å². The maximum absolute atomic E-state index is 12.8. The number of rotatable bonds is 20. The third-order valence-electron chi connectivity index (χ3n) is 15.5. The van der Waals surface area contributed by atoms with Crippen LogP contribution in [0, 0.1) is 35.5 Å². The number of aliphatic hydroxyl groups excluding tert-OH is 2. The van der Waals surface area contributed by atoms with E-state index in [1.165, 1.54) is 6.92 Å².